The molecule has 0 aromatic rings. The molecule has 0 aliphatic carbocycles. The van der Waals surface area contributed by atoms with Crippen molar-refractivity contribution >= 4 is 12.0 Å². The lowest BCUT2D eigenvalue weighted by atomic mass is 9.93. The van der Waals surface area contributed by atoms with Crippen molar-refractivity contribution in [1.82, 2.24) is 10.2 Å². The maximum Gasteiger partial charge on any atom is 0.408 e. The number of carbonyl (C=O) groups excluding carboxylic acids is 2. The number of nitrogens with zero attached hydrogens (tertiary/aromatic N) is 1. The van der Waals surface area contributed by atoms with Crippen LogP contribution in [0, 0.1) is 5.92 Å². The van der Waals surface area contributed by atoms with Gasteiger partial charge >= 0.3 is 6.09 Å². The van der Waals surface area contributed by atoms with Crippen LogP contribution in [0.5, 0.6) is 0 Å². The molecule has 0 unspecified atom stereocenters. The van der Waals surface area contributed by atoms with Gasteiger partial charge in [-0.05, 0) is 33.6 Å². The zero-order valence-corrected chi connectivity index (χ0v) is 13.2. The second-order valence-electron chi connectivity index (χ2n) is 7.06. The summed E-state index contributed by atoms with van der Waals surface area (Å²) in [5.41, 5.74) is -1.42. The Labute approximate surface area is 120 Å². The van der Waals surface area contributed by atoms with E-state index in [-0.39, 0.29) is 11.8 Å². The average Bonchev–Trinajstić information content (AvgIpc) is 2.18. The van der Waals surface area contributed by atoms with Crippen LogP contribution in [-0.4, -0.2) is 52.3 Å². The van der Waals surface area contributed by atoms with Crippen LogP contribution in [0.25, 0.3) is 0 Å². The Hall–Kier alpha value is -1.30. The van der Waals surface area contributed by atoms with E-state index in [1.807, 2.05) is 13.8 Å². The highest BCUT2D eigenvalue weighted by molar-refractivity contribution is 5.86. The van der Waals surface area contributed by atoms with Crippen LogP contribution in [0.3, 0.4) is 0 Å². The maximum atomic E-state index is 12.3. The number of amides is 2. The minimum absolute atomic E-state index is 0.0550. The first-order chi connectivity index (χ1) is 8.91. The van der Waals surface area contributed by atoms with Gasteiger partial charge in [0.25, 0.3) is 0 Å². The minimum atomic E-state index is -0.816. The zero-order chi connectivity index (χ0) is 15.7. The molecule has 0 aromatic carbocycles. The van der Waals surface area contributed by atoms with Crippen molar-refractivity contribution in [2.24, 2.45) is 5.92 Å². The number of nitrogens with one attached hydrogen (secondary N) is 1. The summed E-state index contributed by atoms with van der Waals surface area (Å²) >= 11 is 0. The van der Waals surface area contributed by atoms with Crippen molar-refractivity contribution < 1.29 is 19.4 Å². The molecule has 1 heterocycles. The van der Waals surface area contributed by atoms with Crippen LogP contribution >= 0.6 is 0 Å². The van der Waals surface area contributed by atoms with Crippen molar-refractivity contribution in [3.63, 3.8) is 0 Å². The Bertz CT molecular complexity index is 377. The third kappa shape index (κ3) is 4.67. The highest BCUT2D eigenvalue weighted by atomic mass is 16.6. The largest absolute Gasteiger partial charge is 0.444 e. The Morgan fingerprint density at radius 2 is 1.80 bits per heavy atom. The van der Waals surface area contributed by atoms with Gasteiger partial charge < -0.3 is 20.1 Å². The van der Waals surface area contributed by atoms with Gasteiger partial charge in [-0.3, -0.25) is 4.79 Å². The summed E-state index contributed by atoms with van der Waals surface area (Å²) in [7, 11) is 0. The van der Waals surface area contributed by atoms with E-state index in [1.54, 1.807) is 32.6 Å². The lowest BCUT2D eigenvalue weighted by molar-refractivity contribution is -0.155. The predicted octanol–water partition coefficient (Wildman–Crippen LogP) is 1.13. The summed E-state index contributed by atoms with van der Waals surface area (Å²) in [5.74, 6) is -0.238. The third-order valence-corrected chi connectivity index (χ3v) is 2.98. The number of carbonyl (C=O) groups is 2. The van der Waals surface area contributed by atoms with E-state index in [4.69, 9.17) is 4.74 Å². The minimum Gasteiger partial charge on any atom is -0.444 e. The summed E-state index contributed by atoms with van der Waals surface area (Å²) in [6, 6.07) is -0.638. The van der Waals surface area contributed by atoms with E-state index in [9.17, 15) is 14.7 Å². The molecule has 0 aromatic heterocycles. The summed E-state index contributed by atoms with van der Waals surface area (Å²) in [4.78, 5) is 25.6. The Morgan fingerprint density at radius 3 is 2.15 bits per heavy atom. The van der Waals surface area contributed by atoms with Crippen molar-refractivity contribution in [3.05, 3.63) is 0 Å². The lowest BCUT2D eigenvalue weighted by Crippen LogP contribution is -2.65. The van der Waals surface area contributed by atoms with Crippen LogP contribution in [0.1, 0.15) is 41.5 Å². The molecule has 1 saturated heterocycles. The molecule has 2 N–H and O–H groups in total. The van der Waals surface area contributed by atoms with Gasteiger partial charge in [0.15, 0.2) is 0 Å². The van der Waals surface area contributed by atoms with Crippen molar-refractivity contribution in [1.29, 1.82) is 0 Å². The second-order valence-corrected chi connectivity index (χ2v) is 7.06. The first kappa shape index (κ1) is 16.8. The van der Waals surface area contributed by atoms with Crippen molar-refractivity contribution in [3.8, 4) is 0 Å². The molecular formula is C14H26N2O4. The molecule has 6 heteroatoms. The van der Waals surface area contributed by atoms with E-state index >= 15 is 0 Å². The van der Waals surface area contributed by atoms with Gasteiger partial charge in [0.1, 0.15) is 11.6 Å². The van der Waals surface area contributed by atoms with Gasteiger partial charge in [0, 0.05) is 0 Å². The van der Waals surface area contributed by atoms with Gasteiger partial charge in [0.2, 0.25) is 5.91 Å². The highest BCUT2D eigenvalue weighted by Gasteiger charge is 2.42. The van der Waals surface area contributed by atoms with Gasteiger partial charge in [0.05, 0.1) is 18.7 Å². The quantitative estimate of drug-likeness (QED) is 0.815. The number of hydrogen-bond acceptors (Lipinski definition) is 4. The Morgan fingerprint density at radius 1 is 1.30 bits per heavy atom. The van der Waals surface area contributed by atoms with E-state index in [2.05, 4.69) is 5.32 Å². The van der Waals surface area contributed by atoms with Gasteiger partial charge in [-0.25, -0.2) is 4.79 Å². The van der Waals surface area contributed by atoms with Crippen molar-refractivity contribution in [2.45, 2.75) is 58.8 Å². The van der Waals surface area contributed by atoms with Crippen LogP contribution in [0.2, 0.25) is 0 Å². The Balaban J connectivity index is 2.61. The Kier molecular flexibility index (Phi) is 4.69. The number of ether oxygens (including phenoxy) is 1. The number of rotatable bonds is 3. The molecule has 1 rings (SSSR count). The first-order valence-corrected chi connectivity index (χ1v) is 6.92. The van der Waals surface area contributed by atoms with Gasteiger partial charge in [-0.2, -0.15) is 0 Å². The normalized spacial score (nSPS) is 19.3. The van der Waals surface area contributed by atoms with E-state index in [1.165, 1.54) is 0 Å². The molecule has 2 amide bonds. The van der Waals surface area contributed by atoms with E-state index in [0.717, 1.165) is 0 Å². The smallest absolute Gasteiger partial charge is 0.408 e. The molecule has 1 atom stereocenters. The van der Waals surface area contributed by atoms with E-state index < -0.39 is 23.3 Å². The fourth-order valence-corrected chi connectivity index (χ4v) is 2.08. The molecule has 1 fully saturated rings. The number of β-amino-alcohol motifs (C(OH)–C–C–N with tert-alkyl or cyclic N) is 1. The molecule has 1 aliphatic heterocycles. The summed E-state index contributed by atoms with van der Waals surface area (Å²) in [6.07, 6.45) is -0.600. The fraction of sp³-hybridized carbons (Fsp3) is 0.857. The number of alkyl carbamates (subject to hydrolysis) is 1. The molecule has 0 bridgehead atoms. The summed E-state index contributed by atoms with van der Waals surface area (Å²) in [6.45, 7) is 11.3. The lowest BCUT2D eigenvalue weighted by Gasteiger charge is -2.45. The monoisotopic (exact) mass is 286 g/mol. The van der Waals surface area contributed by atoms with Gasteiger partial charge in [-0.1, -0.05) is 13.8 Å². The molecule has 1 aliphatic rings. The molecule has 20 heavy (non-hydrogen) atoms. The molecule has 6 nitrogen and oxygen atoms in total. The van der Waals surface area contributed by atoms with Crippen LogP contribution in [0.15, 0.2) is 0 Å². The maximum absolute atomic E-state index is 12.3. The fourth-order valence-electron chi connectivity index (χ4n) is 2.08. The van der Waals surface area contributed by atoms with Crippen molar-refractivity contribution in [2.75, 3.05) is 13.1 Å². The average molecular weight is 286 g/mol. The SMILES string of the molecule is CC(C)[C@H](NC(=O)OC(C)(C)C)C(=O)N1CC(C)(O)C1. The van der Waals surface area contributed by atoms with Gasteiger partial charge in [-0.15, -0.1) is 0 Å². The molecule has 0 radical (unpaired) electrons. The molecule has 0 saturated carbocycles. The second kappa shape index (κ2) is 5.60. The predicted molar refractivity (Wildman–Crippen MR) is 75.2 cm³/mol. The summed E-state index contributed by atoms with van der Waals surface area (Å²) < 4.78 is 5.17. The van der Waals surface area contributed by atoms with Crippen LogP contribution in [0.4, 0.5) is 4.79 Å². The third-order valence-electron chi connectivity index (χ3n) is 2.98. The standard InChI is InChI=1S/C14H26N2O4/c1-9(2)10(15-12(18)20-13(3,4)5)11(17)16-7-14(6,19)8-16/h9-10,19H,7-8H2,1-6H3,(H,15,18)/t10-/m0/s1. The number of likely N-dealkylation sites (tertiary alicyclic amines) is 1. The van der Waals surface area contributed by atoms with E-state index in [0.29, 0.717) is 13.1 Å². The number of aliphatic hydroxyl groups is 1. The van der Waals surface area contributed by atoms with Crippen LogP contribution in [-0.2, 0) is 9.53 Å². The summed E-state index contributed by atoms with van der Waals surface area (Å²) in [5, 5.41) is 12.3. The van der Waals surface area contributed by atoms with Crippen LogP contribution < -0.4 is 5.32 Å². The first-order valence-electron chi connectivity index (χ1n) is 6.92. The highest BCUT2D eigenvalue weighted by Crippen LogP contribution is 2.22. The molecule has 116 valence electrons. The molecular weight excluding hydrogens is 260 g/mol. The number of hydrogen-bond donors (Lipinski definition) is 2. The topological polar surface area (TPSA) is 78.9 Å². The zero-order valence-electron chi connectivity index (χ0n) is 13.2. The molecule has 0 spiro atoms.